The molecule has 3 heterocycles. The minimum atomic E-state index is -0.456. The van der Waals surface area contributed by atoms with Crippen LogP contribution < -0.4 is 21.3 Å². The van der Waals surface area contributed by atoms with Crippen LogP contribution in [0.1, 0.15) is 26.5 Å². The maximum absolute atomic E-state index is 12.6. The van der Waals surface area contributed by atoms with Gasteiger partial charge in [0.2, 0.25) is 5.91 Å². The summed E-state index contributed by atoms with van der Waals surface area (Å²) in [7, 11) is 0. The molecule has 0 spiro atoms. The molecule has 0 saturated carbocycles. The number of nitrogens with one attached hydrogen (secondary N) is 2. The lowest BCUT2D eigenvalue weighted by molar-refractivity contribution is -0.127. The van der Waals surface area contributed by atoms with Gasteiger partial charge in [0.1, 0.15) is 22.1 Å². The third kappa shape index (κ3) is 3.27. The van der Waals surface area contributed by atoms with Gasteiger partial charge in [-0.2, -0.15) is 0 Å². The number of hydrogen-bond acceptors (Lipinski definition) is 6. The molecule has 0 bridgehead atoms. The normalized spacial score (nSPS) is 15.6. The lowest BCUT2D eigenvalue weighted by atomic mass is 9.96. The van der Waals surface area contributed by atoms with Crippen LogP contribution in [-0.4, -0.2) is 23.4 Å². The summed E-state index contributed by atoms with van der Waals surface area (Å²) in [5, 5.41) is 0.782. The highest BCUT2D eigenvalue weighted by atomic mass is 32.1. The van der Waals surface area contributed by atoms with Gasteiger partial charge in [-0.3, -0.25) is 20.4 Å². The van der Waals surface area contributed by atoms with Gasteiger partial charge < -0.3 is 10.5 Å². The monoisotopic (exact) mass is 396 g/mol. The number of carbonyl (C=O) groups is 2. The van der Waals surface area contributed by atoms with Gasteiger partial charge in [-0.15, -0.1) is 11.3 Å². The number of hydrazine groups is 1. The van der Waals surface area contributed by atoms with Crippen LogP contribution in [0.2, 0.25) is 0 Å². The van der Waals surface area contributed by atoms with E-state index in [4.69, 9.17) is 10.5 Å². The summed E-state index contributed by atoms with van der Waals surface area (Å²) in [4.78, 5) is 30.5. The van der Waals surface area contributed by atoms with E-state index in [9.17, 15) is 9.59 Å². The molecule has 0 unspecified atom stereocenters. The van der Waals surface area contributed by atoms with Gasteiger partial charge in [0, 0.05) is 11.1 Å². The Hall–Kier alpha value is -3.13. The van der Waals surface area contributed by atoms with Crippen LogP contribution in [0, 0.1) is 19.8 Å². The highest BCUT2D eigenvalue weighted by molar-refractivity contribution is 7.21. The Kier molecular flexibility index (Phi) is 4.64. The number of ether oxygens (including phenoxy) is 1. The zero-order valence-electron chi connectivity index (χ0n) is 15.5. The van der Waals surface area contributed by atoms with Crippen LogP contribution in [0.25, 0.3) is 10.2 Å². The zero-order chi connectivity index (χ0) is 19.8. The van der Waals surface area contributed by atoms with Crippen molar-refractivity contribution in [1.29, 1.82) is 0 Å². The number of carbonyl (C=O) groups excluding carboxylic acids is 2. The molecule has 1 aliphatic rings. The Morgan fingerprint density at radius 3 is 2.86 bits per heavy atom. The first-order valence-corrected chi connectivity index (χ1v) is 9.73. The second-order valence-electron chi connectivity index (χ2n) is 6.87. The highest BCUT2D eigenvalue weighted by Gasteiger charge is 2.27. The predicted octanol–water partition coefficient (Wildman–Crippen LogP) is 2.51. The Labute approximate surface area is 165 Å². The zero-order valence-corrected chi connectivity index (χ0v) is 16.4. The molecular weight excluding hydrogens is 376 g/mol. The number of hydrogen-bond donors (Lipinski definition) is 3. The summed E-state index contributed by atoms with van der Waals surface area (Å²) >= 11 is 1.21. The number of pyridine rings is 1. The van der Waals surface area contributed by atoms with Crippen LogP contribution in [0.5, 0.6) is 5.75 Å². The number of para-hydroxylation sites is 1. The molecule has 4 rings (SSSR count). The van der Waals surface area contributed by atoms with Crippen LogP contribution in [-0.2, 0) is 11.2 Å². The second-order valence-corrected chi connectivity index (χ2v) is 7.87. The Balaban J connectivity index is 1.45. The third-order valence-electron chi connectivity index (χ3n) is 4.78. The highest BCUT2D eigenvalue weighted by Crippen LogP contribution is 2.34. The molecule has 0 aliphatic carbocycles. The largest absolute Gasteiger partial charge is 0.492 e. The van der Waals surface area contributed by atoms with Crippen molar-refractivity contribution in [1.82, 2.24) is 15.8 Å². The van der Waals surface area contributed by atoms with Gasteiger partial charge in [-0.25, -0.2) is 4.98 Å². The number of nitrogens with two attached hydrogens (primary N) is 1. The molecule has 1 aliphatic heterocycles. The number of thiophene rings is 1. The minimum absolute atomic E-state index is 0.270. The maximum Gasteiger partial charge on any atom is 0.281 e. The minimum Gasteiger partial charge on any atom is -0.492 e. The molecule has 0 saturated heterocycles. The van der Waals surface area contributed by atoms with Gasteiger partial charge in [0.25, 0.3) is 5.91 Å². The van der Waals surface area contributed by atoms with E-state index in [1.807, 2.05) is 44.2 Å². The number of benzene rings is 1. The third-order valence-corrected chi connectivity index (χ3v) is 5.88. The van der Waals surface area contributed by atoms with E-state index >= 15 is 0 Å². The van der Waals surface area contributed by atoms with Crippen LogP contribution >= 0.6 is 11.3 Å². The van der Waals surface area contributed by atoms with Gasteiger partial charge in [0.15, 0.2) is 0 Å². The van der Waals surface area contributed by atoms with E-state index in [1.54, 1.807) is 0 Å². The molecule has 8 heteroatoms. The SMILES string of the molecule is Cc1cc(C)c2c(N)c(C(=O)NNC(=O)[C@@H]3COc4ccccc4C3)sc2n1. The van der Waals surface area contributed by atoms with Crippen LogP contribution in [0.3, 0.4) is 0 Å². The van der Waals surface area contributed by atoms with E-state index in [-0.39, 0.29) is 18.4 Å². The smallest absolute Gasteiger partial charge is 0.281 e. The van der Waals surface area contributed by atoms with Crippen molar-refractivity contribution < 1.29 is 14.3 Å². The fraction of sp³-hybridized carbons (Fsp3) is 0.250. The van der Waals surface area contributed by atoms with Crippen LogP contribution in [0.4, 0.5) is 5.69 Å². The Bertz CT molecular complexity index is 1090. The van der Waals surface area contributed by atoms with E-state index in [1.165, 1.54) is 11.3 Å². The topological polar surface area (TPSA) is 106 Å². The van der Waals surface area contributed by atoms with Gasteiger partial charge in [-0.05, 0) is 43.5 Å². The average molecular weight is 396 g/mol. The van der Waals surface area contributed by atoms with Crippen molar-refractivity contribution in [3.8, 4) is 5.75 Å². The molecule has 3 aromatic rings. The summed E-state index contributed by atoms with van der Waals surface area (Å²) < 4.78 is 5.63. The second kappa shape index (κ2) is 7.12. The number of anilines is 1. The lowest BCUT2D eigenvalue weighted by Gasteiger charge is -2.24. The van der Waals surface area contributed by atoms with Crippen LogP contribution in [0.15, 0.2) is 30.3 Å². The summed E-state index contributed by atoms with van der Waals surface area (Å²) in [5.74, 6) is -0.330. The first-order chi connectivity index (χ1) is 13.4. The molecular formula is C20H20N4O3S. The summed E-state index contributed by atoms with van der Waals surface area (Å²) in [6, 6.07) is 9.55. The number of fused-ring (bicyclic) bond motifs is 2. The van der Waals surface area contributed by atoms with E-state index in [0.717, 1.165) is 28.0 Å². The van der Waals surface area contributed by atoms with Crippen molar-refractivity contribution in [3.05, 3.63) is 52.0 Å². The van der Waals surface area contributed by atoms with Gasteiger partial charge in [-0.1, -0.05) is 18.2 Å². The van der Waals surface area contributed by atoms with Gasteiger partial charge >= 0.3 is 0 Å². The van der Waals surface area contributed by atoms with Crippen molar-refractivity contribution >= 4 is 39.1 Å². The fourth-order valence-electron chi connectivity index (χ4n) is 3.41. The van der Waals surface area contributed by atoms with Crippen molar-refractivity contribution in [2.45, 2.75) is 20.3 Å². The molecule has 4 N–H and O–H groups in total. The van der Waals surface area contributed by atoms with E-state index in [0.29, 0.717) is 21.8 Å². The molecule has 1 aromatic carbocycles. The first kappa shape index (κ1) is 18.2. The molecule has 2 amide bonds. The number of rotatable bonds is 2. The molecule has 144 valence electrons. The maximum atomic E-state index is 12.6. The molecule has 2 aromatic heterocycles. The summed E-state index contributed by atoms with van der Waals surface area (Å²) in [6.45, 7) is 4.10. The summed E-state index contributed by atoms with van der Waals surface area (Å²) in [6.07, 6.45) is 0.561. The number of nitrogen functional groups attached to an aromatic ring is 1. The standard InChI is InChI=1S/C20H20N4O3S/c1-10-7-11(2)22-20-15(10)16(21)17(28-20)19(26)24-23-18(25)13-8-12-5-3-4-6-14(12)27-9-13/h3-7,13H,8-9,21H2,1-2H3,(H,23,25)(H,24,26)/t13-/m0/s1. The van der Waals surface area contributed by atoms with Crippen molar-refractivity contribution in [2.75, 3.05) is 12.3 Å². The van der Waals surface area contributed by atoms with Gasteiger partial charge in [0.05, 0.1) is 11.6 Å². The number of aromatic nitrogens is 1. The fourth-order valence-corrected chi connectivity index (χ4v) is 4.52. The molecule has 7 nitrogen and oxygen atoms in total. The Morgan fingerprint density at radius 2 is 2.04 bits per heavy atom. The Morgan fingerprint density at radius 1 is 1.25 bits per heavy atom. The molecule has 1 atom stereocenters. The lowest BCUT2D eigenvalue weighted by Crippen LogP contribution is -2.47. The quantitative estimate of drug-likeness (QED) is 0.577. The van der Waals surface area contributed by atoms with E-state index in [2.05, 4.69) is 15.8 Å². The van der Waals surface area contributed by atoms with Crippen molar-refractivity contribution in [3.63, 3.8) is 0 Å². The molecule has 0 fully saturated rings. The number of aryl methyl sites for hydroxylation is 2. The first-order valence-electron chi connectivity index (χ1n) is 8.91. The van der Waals surface area contributed by atoms with E-state index < -0.39 is 5.91 Å². The van der Waals surface area contributed by atoms with Crippen molar-refractivity contribution in [2.24, 2.45) is 5.92 Å². The number of amides is 2. The summed E-state index contributed by atoms with van der Waals surface area (Å²) in [5.41, 5.74) is 14.3. The number of nitrogens with zero attached hydrogens (tertiary/aromatic N) is 1. The average Bonchev–Trinajstić information content (AvgIpc) is 3.02. The molecule has 28 heavy (non-hydrogen) atoms. The predicted molar refractivity (Wildman–Crippen MR) is 108 cm³/mol. The molecule has 0 radical (unpaired) electrons.